The second kappa shape index (κ2) is 3.47. The molecule has 0 bridgehead atoms. The molecule has 1 aliphatic rings. The number of hydrogen-bond acceptors (Lipinski definition) is 3. The summed E-state index contributed by atoms with van der Waals surface area (Å²) in [4.78, 5) is 10.9. The van der Waals surface area contributed by atoms with Crippen molar-refractivity contribution in [2.75, 3.05) is 6.54 Å². The van der Waals surface area contributed by atoms with Crippen LogP contribution in [0.25, 0.3) is 0 Å². The maximum absolute atomic E-state index is 10.9. The highest BCUT2D eigenvalue weighted by molar-refractivity contribution is 6.30. The van der Waals surface area contributed by atoms with Crippen molar-refractivity contribution in [3.63, 3.8) is 0 Å². The molecule has 0 amide bonds. The van der Waals surface area contributed by atoms with Gasteiger partial charge in [-0.1, -0.05) is 11.6 Å². The van der Waals surface area contributed by atoms with Gasteiger partial charge in [-0.05, 0) is 25.5 Å². The summed E-state index contributed by atoms with van der Waals surface area (Å²) in [7, 11) is 0. The summed E-state index contributed by atoms with van der Waals surface area (Å²) in [6.45, 7) is 1.00. The Morgan fingerprint density at radius 2 is 2.46 bits per heavy atom. The summed E-state index contributed by atoms with van der Waals surface area (Å²) < 4.78 is 0. The Morgan fingerprint density at radius 3 is 3.08 bits per heavy atom. The Morgan fingerprint density at radius 1 is 1.62 bits per heavy atom. The van der Waals surface area contributed by atoms with E-state index < -0.39 is 0 Å². The zero-order chi connectivity index (χ0) is 9.26. The fraction of sp³-hybridized carbons (Fsp3) is 0.500. The van der Waals surface area contributed by atoms with Crippen molar-refractivity contribution in [1.29, 1.82) is 0 Å². The van der Waals surface area contributed by atoms with Gasteiger partial charge in [0.15, 0.2) is 0 Å². The van der Waals surface area contributed by atoms with Crippen molar-refractivity contribution in [2.24, 2.45) is 0 Å². The fourth-order valence-corrected chi connectivity index (χ4v) is 1.67. The maximum Gasteiger partial charge on any atom is 0.282 e. The van der Waals surface area contributed by atoms with Gasteiger partial charge in [0.05, 0.1) is 11.7 Å². The van der Waals surface area contributed by atoms with Crippen LogP contribution < -0.4 is 10.9 Å². The van der Waals surface area contributed by atoms with Gasteiger partial charge in [0.25, 0.3) is 5.56 Å². The summed E-state index contributed by atoms with van der Waals surface area (Å²) >= 11 is 5.68. The second-order valence-corrected chi connectivity index (χ2v) is 3.53. The molecule has 0 spiro atoms. The minimum Gasteiger partial charge on any atom is -0.309 e. The van der Waals surface area contributed by atoms with E-state index in [2.05, 4.69) is 15.5 Å². The number of H-pyrrole nitrogens is 1. The number of nitrogens with zero attached hydrogens (tertiary/aromatic N) is 1. The largest absolute Gasteiger partial charge is 0.309 e. The molecule has 2 rings (SSSR count). The lowest BCUT2D eigenvalue weighted by molar-refractivity contribution is 0.614. The highest BCUT2D eigenvalue weighted by Gasteiger charge is 2.18. The van der Waals surface area contributed by atoms with Crippen LogP contribution in [0.3, 0.4) is 0 Å². The molecule has 70 valence electrons. The Balaban J connectivity index is 2.30. The molecule has 0 radical (unpaired) electrons. The number of rotatable bonds is 1. The van der Waals surface area contributed by atoms with E-state index in [0.717, 1.165) is 25.1 Å². The average Bonchev–Trinajstić information content (AvgIpc) is 2.62. The van der Waals surface area contributed by atoms with Gasteiger partial charge in [-0.2, -0.15) is 5.10 Å². The van der Waals surface area contributed by atoms with Crippen molar-refractivity contribution in [3.05, 3.63) is 27.1 Å². The quantitative estimate of drug-likeness (QED) is 0.705. The molecule has 1 saturated heterocycles. The third kappa shape index (κ3) is 1.73. The van der Waals surface area contributed by atoms with E-state index in [4.69, 9.17) is 11.6 Å². The van der Waals surface area contributed by atoms with Crippen LogP contribution >= 0.6 is 11.6 Å². The number of hydrogen-bond donors (Lipinski definition) is 2. The SMILES string of the molecule is O=c1[nH]nc(C2CCCN2)cc1Cl. The van der Waals surface area contributed by atoms with E-state index in [-0.39, 0.29) is 16.6 Å². The zero-order valence-electron chi connectivity index (χ0n) is 7.01. The zero-order valence-corrected chi connectivity index (χ0v) is 7.77. The lowest BCUT2D eigenvalue weighted by Crippen LogP contribution is -2.18. The fourth-order valence-electron chi connectivity index (χ4n) is 1.51. The van der Waals surface area contributed by atoms with Gasteiger partial charge in [0.2, 0.25) is 0 Å². The third-order valence-electron chi connectivity index (χ3n) is 2.20. The molecule has 1 aliphatic heterocycles. The smallest absolute Gasteiger partial charge is 0.282 e. The number of nitrogens with one attached hydrogen (secondary N) is 2. The molecule has 0 aliphatic carbocycles. The minimum absolute atomic E-state index is 0.207. The molecule has 13 heavy (non-hydrogen) atoms. The summed E-state index contributed by atoms with van der Waals surface area (Å²) in [5, 5.41) is 9.79. The summed E-state index contributed by atoms with van der Waals surface area (Å²) in [6, 6.07) is 1.87. The van der Waals surface area contributed by atoms with E-state index >= 15 is 0 Å². The number of aromatic nitrogens is 2. The molecule has 0 saturated carbocycles. The first-order chi connectivity index (χ1) is 6.27. The van der Waals surface area contributed by atoms with Crippen molar-refractivity contribution in [3.8, 4) is 0 Å². The Kier molecular flexibility index (Phi) is 2.33. The average molecular weight is 200 g/mol. The van der Waals surface area contributed by atoms with Gasteiger partial charge < -0.3 is 5.32 Å². The third-order valence-corrected chi connectivity index (χ3v) is 2.48. The number of aromatic amines is 1. The summed E-state index contributed by atoms with van der Waals surface area (Å²) in [6.07, 6.45) is 2.19. The molecule has 4 nitrogen and oxygen atoms in total. The van der Waals surface area contributed by atoms with Crippen LogP contribution in [0, 0.1) is 0 Å². The summed E-state index contributed by atoms with van der Waals surface area (Å²) in [5.74, 6) is 0. The Hall–Kier alpha value is -0.870. The van der Waals surface area contributed by atoms with Gasteiger partial charge in [0, 0.05) is 0 Å². The molecule has 5 heteroatoms. The lowest BCUT2D eigenvalue weighted by atomic mass is 10.1. The van der Waals surface area contributed by atoms with Crippen LogP contribution in [-0.4, -0.2) is 16.7 Å². The van der Waals surface area contributed by atoms with E-state index in [0.29, 0.717) is 0 Å². The van der Waals surface area contributed by atoms with Crippen LogP contribution in [0.15, 0.2) is 10.9 Å². The minimum atomic E-state index is -0.330. The standard InChI is InChI=1S/C8H10ClN3O/c9-5-4-7(11-12-8(5)13)6-2-1-3-10-6/h4,6,10H,1-3H2,(H,12,13). The van der Waals surface area contributed by atoms with Gasteiger partial charge in [-0.25, -0.2) is 5.10 Å². The Labute approximate surface area is 80.3 Å². The molecule has 2 heterocycles. The van der Waals surface area contributed by atoms with E-state index in [9.17, 15) is 4.79 Å². The predicted octanol–water partition coefficient (Wildman–Crippen LogP) is 0.848. The van der Waals surface area contributed by atoms with Crippen molar-refractivity contribution < 1.29 is 0 Å². The molecule has 1 aromatic heterocycles. The first-order valence-electron chi connectivity index (χ1n) is 4.26. The number of halogens is 1. The van der Waals surface area contributed by atoms with E-state index in [1.807, 2.05) is 0 Å². The Bertz CT molecular complexity index is 357. The molecule has 1 aromatic rings. The molecule has 2 N–H and O–H groups in total. The van der Waals surface area contributed by atoms with Gasteiger partial charge >= 0.3 is 0 Å². The maximum atomic E-state index is 10.9. The highest BCUT2D eigenvalue weighted by Crippen LogP contribution is 2.21. The van der Waals surface area contributed by atoms with Crippen LogP contribution in [0.4, 0.5) is 0 Å². The monoisotopic (exact) mass is 199 g/mol. The molecule has 0 aromatic carbocycles. The van der Waals surface area contributed by atoms with Crippen LogP contribution in [0.1, 0.15) is 24.6 Å². The highest BCUT2D eigenvalue weighted by atomic mass is 35.5. The van der Waals surface area contributed by atoms with Crippen LogP contribution in [0.5, 0.6) is 0 Å². The van der Waals surface area contributed by atoms with Crippen LogP contribution in [-0.2, 0) is 0 Å². The van der Waals surface area contributed by atoms with Gasteiger partial charge in [-0.3, -0.25) is 4.79 Å². The van der Waals surface area contributed by atoms with Gasteiger partial charge in [0.1, 0.15) is 5.02 Å². The lowest BCUT2D eigenvalue weighted by Gasteiger charge is -2.07. The van der Waals surface area contributed by atoms with Crippen molar-refractivity contribution >= 4 is 11.6 Å². The first kappa shape index (κ1) is 8.72. The van der Waals surface area contributed by atoms with Crippen molar-refractivity contribution in [2.45, 2.75) is 18.9 Å². The second-order valence-electron chi connectivity index (χ2n) is 3.12. The van der Waals surface area contributed by atoms with E-state index in [1.165, 1.54) is 0 Å². The summed E-state index contributed by atoms with van der Waals surface area (Å²) in [5.41, 5.74) is 0.491. The predicted molar refractivity (Wildman–Crippen MR) is 49.8 cm³/mol. The molecular formula is C8H10ClN3O. The molecular weight excluding hydrogens is 190 g/mol. The first-order valence-corrected chi connectivity index (χ1v) is 4.63. The van der Waals surface area contributed by atoms with E-state index in [1.54, 1.807) is 6.07 Å². The molecule has 1 unspecified atom stereocenters. The molecule has 1 atom stereocenters. The van der Waals surface area contributed by atoms with Crippen LogP contribution in [0.2, 0.25) is 5.02 Å². The normalized spacial score (nSPS) is 22.1. The van der Waals surface area contributed by atoms with Gasteiger partial charge in [-0.15, -0.1) is 0 Å². The molecule has 1 fully saturated rings. The van der Waals surface area contributed by atoms with Crippen molar-refractivity contribution in [1.82, 2.24) is 15.5 Å². The topological polar surface area (TPSA) is 57.8 Å².